The van der Waals surface area contributed by atoms with Gasteiger partial charge < -0.3 is 5.32 Å². The van der Waals surface area contributed by atoms with E-state index in [0.717, 1.165) is 31.0 Å². The SMILES string of the molecule is CCNc1cccc(CN(C)C(C)(C)CC)n1. The normalized spacial score (nSPS) is 11.9. The van der Waals surface area contributed by atoms with E-state index in [1.54, 1.807) is 0 Å². The summed E-state index contributed by atoms with van der Waals surface area (Å²) < 4.78 is 0. The quantitative estimate of drug-likeness (QED) is 0.821. The van der Waals surface area contributed by atoms with Crippen LogP contribution >= 0.6 is 0 Å². The molecule has 0 saturated carbocycles. The second kappa shape index (κ2) is 6.01. The van der Waals surface area contributed by atoms with E-state index in [9.17, 15) is 0 Å². The summed E-state index contributed by atoms with van der Waals surface area (Å²) in [5, 5.41) is 3.24. The highest BCUT2D eigenvalue weighted by Crippen LogP contribution is 2.18. The predicted octanol–water partition coefficient (Wildman–Crippen LogP) is 3.13. The summed E-state index contributed by atoms with van der Waals surface area (Å²) in [6.45, 7) is 10.6. The molecule has 3 nitrogen and oxygen atoms in total. The fraction of sp³-hybridized carbons (Fsp3) is 0.643. The minimum absolute atomic E-state index is 0.218. The van der Waals surface area contributed by atoms with Crippen LogP contribution in [0.5, 0.6) is 0 Å². The molecule has 0 spiro atoms. The number of rotatable bonds is 6. The van der Waals surface area contributed by atoms with E-state index in [1.165, 1.54) is 0 Å². The van der Waals surface area contributed by atoms with Crippen molar-refractivity contribution in [2.24, 2.45) is 0 Å². The maximum absolute atomic E-state index is 4.60. The average Bonchev–Trinajstić information content (AvgIpc) is 2.30. The third-order valence-corrected chi connectivity index (χ3v) is 3.46. The molecule has 0 bridgehead atoms. The van der Waals surface area contributed by atoms with E-state index >= 15 is 0 Å². The summed E-state index contributed by atoms with van der Waals surface area (Å²) in [7, 11) is 2.16. The number of hydrogen-bond acceptors (Lipinski definition) is 3. The maximum Gasteiger partial charge on any atom is 0.126 e. The third-order valence-electron chi connectivity index (χ3n) is 3.46. The largest absolute Gasteiger partial charge is 0.370 e. The molecule has 0 aliphatic heterocycles. The van der Waals surface area contributed by atoms with E-state index in [-0.39, 0.29) is 5.54 Å². The van der Waals surface area contributed by atoms with Gasteiger partial charge in [-0.15, -0.1) is 0 Å². The average molecular weight is 235 g/mol. The molecule has 1 aromatic heterocycles. The summed E-state index contributed by atoms with van der Waals surface area (Å²) in [4.78, 5) is 6.95. The van der Waals surface area contributed by atoms with Crippen molar-refractivity contribution in [3.05, 3.63) is 23.9 Å². The van der Waals surface area contributed by atoms with E-state index in [1.807, 2.05) is 6.07 Å². The number of nitrogens with one attached hydrogen (secondary N) is 1. The zero-order valence-corrected chi connectivity index (χ0v) is 11.7. The number of pyridine rings is 1. The van der Waals surface area contributed by atoms with Crippen molar-refractivity contribution in [3.8, 4) is 0 Å². The van der Waals surface area contributed by atoms with Crippen molar-refractivity contribution in [1.82, 2.24) is 9.88 Å². The number of aromatic nitrogens is 1. The van der Waals surface area contributed by atoms with Gasteiger partial charge in [-0.3, -0.25) is 4.90 Å². The van der Waals surface area contributed by atoms with Gasteiger partial charge in [-0.05, 0) is 46.4 Å². The topological polar surface area (TPSA) is 28.2 Å². The van der Waals surface area contributed by atoms with Crippen LogP contribution in [0.25, 0.3) is 0 Å². The Morgan fingerprint density at radius 1 is 1.29 bits per heavy atom. The Bertz CT molecular complexity index is 347. The zero-order chi connectivity index (χ0) is 12.9. The van der Waals surface area contributed by atoms with Crippen LogP contribution in [-0.4, -0.2) is 29.0 Å². The molecule has 0 unspecified atom stereocenters. The van der Waals surface area contributed by atoms with Crippen LogP contribution in [0.15, 0.2) is 18.2 Å². The molecular formula is C14H25N3. The van der Waals surface area contributed by atoms with Crippen molar-refractivity contribution < 1.29 is 0 Å². The Morgan fingerprint density at radius 2 is 2.00 bits per heavy atom. The minimum atomic E-state index is 0.218. The molecule has 3 heteroatoms. The first-order chi connectivity index (χ1) is 7.99. The van der Waals surface area contributed by atoms with Gasteiger partial charge in [-0.2, -0.15) is 0 Å². The van der Waals surface area contributed by atoms with Crippen molar-refractivity contribution in [2.45, 2.75) is 46.2 Å². The number of nitrogens with zero attached hydrogens (tertiary/aromatic N) is 2. The summed E-state index contributed by atoms with van der Waals surface area (Å²) in [5.41, 5.74) is 1.34. The number of hydrogen-bond donors (Lipinski definition) is 1. The van der Waals surface area contributed by atoms with Crippen molar-refractivity contribution in [2.75, 3.05) is 18.9 Å². The van der Waals surface area contributed by atoms with Gasteiger partial charge in [0.15, 0.2) is 0 Å². The Labute approximate surface area is 105 Å². The Hall–Kier alpha value is -1.09. The summed E-state index contributed by atoms with van der Waals surface area (Å²) in [6.07, 6.45) is 1.14. The number of anilines is 1. The Balaban J connectivity index is 2.71. The monoisotopic (exact) mass is 235 g/mol. The first-order valence-electron chi connectivity index (χ1n) is 6.40. The lowest BCUT2D eigenvalue weighted by atomic mass is 10.00. The van der Waals surface area contributed by atoms with E-state index < -0.39 is 0 Å². The molecular weight excluding hydrogens is 210 g/mol. The molecule has 0 aliphatic rings. The van der Waals surface area contributed by atoms with Crippen LogP contribution in [-0.2, 0) is 6.54 Å². The molecule has 1 rings (SSSR count). The van der Waals surface area contributed by atoms with E-state index in [0.29, 0.717) is 0 Å². The van der Waals surface area contributed by atoms with Gasteiger partial charge >= 0.3 is 0 Å². The van der Waals surface area contributed by atoms with Crippen molar-refractivity contribution >= 4 is 5.82 Å². The molecule has 0 fully saturated rings. The molecule has 0 aliphatic carbocycles. The first-order valence-corrected chi connectivity index (χ1v) is 6.40. The fourth-order valence-electron chi connectivity index (χ4n) is 1.57. The van der Waals surface area contributed by atoms with Crippen molar-refractivity contribution in [3.63, 3.8) is 0 Å². The molecule has 17 heavy (non-hydrogen) atoms. The molecule has 1 heterocycles. The molecule has 0 radical (unpaired) electrons. The van der Waals surface area contributed by atoms with Gasteiger partial charge in [0.25, 0.3) is 0 Å². The van der Waals surface area contributed by atoms with Crippen LogP contribution < -0.4 is 5.32 Å². The first kappa shape index (κ1) is 14.0. The van der Waals surface area contributed by atoms with Crippen LogP contribution in [0.3, 0.4) is 0 Å². The van der Waals surface area contributed by atoms with Gasteiger partial charge in [-0.25, -0.2) is 4.98 Å². The zero-order valence-electron chi connectivity index (χ0n) is 11.7. The Kier molecular flexibility index (Phi) is 4.94. The minimum Gasteiger partial charge on any atom is -0.370 e. The lowest BCUT2D eigenvalue weighted by Gasteiger charge is -2.34. The van der Waals surface area contributed by atoms with Crippen LogP contribution in [0.2, 0.25) is 0 Å². The highest BCUT2D eigenvalue weighted by atomic mass is 15.2. The van der Waals surface area contributed by atoms with Gasteiger partial charge in [0.05, 0.1) is 5.69 Å². The molecule has 0 amide bonds. The standard InChI is InChI=1S/C14H25N3/c1-6-14(3,4)17(5)11-12-9-8-10-13(16-12)15-7-2/h8-10H,6-7,11H2,1-5H3,(H,15,16). The molecule has 1 N–H and O–H groups in total. The van der Waals surface area contributed by atoms with Gasteiger partial charge in [0, 0.05) is 18.6 Å². The molecule has 1 aromatic rings. The van der Waals surface area contributed by atoms with Crippen LogP contribution in [0.1, 0.15) is 39.8 Å². The van der Waals surface area contributed by atoms with Gasteiger partial charge in [0.2, 0.25) is 0 Å². The lowest BCUT2D eigenvalue weighted by molar-refractivity contribution is 0.141. The van der Waals surface area contributed by atoms with Crippen molar-refractivity contribution in [1.29, 1.82) is 0 Å². The Morgan fingerprint density at radius 3 is 2.59 bits per heavy atom. The maximum atomic E-state index is 4.60. The second-order valence-electron chi connectivity index (χ2n) is 5.07. The molecule has 0 aromatic carbocycles. The summed E-state index contributed by atoms with van der Waals surface area (Å²) in [6, 6.07) is 6.16. The molecule has 0 saturated heterocycles. The van der Waals surface area contributed by atoms with Crippen LogP contribution in [0.4, 0.5) is 5.82 Å². The van der Waals surface area contributed by atoms with E-state index in [4.69, 9.17) is 0 Å². The summed E-state index contributed by atoms with van der Waals surface area (Å²) in [5.74, 6) is 0.965. The fourth-order valence-corrected chi connectivity index (χ4v) is 1.57. The van der Waals surface area contributed by atoms with E-state index in [2.05, 4.69) is 62.1 Å². The molecule has 0 atom stereocenters. The second-order valence-corrected chi connectivity index (χ2v) is 5.07. The highest BCUT2D eigenvalue weighted by molar-refractivity contribution is 5.34. The molecule has 96 valence electrons. The summed E-state index contributed by atoms with van der Waals surface area (Å²) >= 11 is 0. The third kappa shape index (κ3) is 4.00. The smallest absolute Gasteiger partial charge is 0.126 e. The van der Waals surface area contributed by atoms with Gasteiger partial charge in [0.1, 0.15) is 5.82 Å². The highest BCUT2D eigenvalue weighted by Gasteiger charge is 2.21. The van der Waals surface area contributed by atoms with Crippen LogP contribution in [0, 0.1) is 0 Å². The lowest BCUT2D eigenvalue weighted by Crippen LogP contribution is -2.40. The van der Waals surface area contributed by atoms with Gasteiger partial charge in [-0.1, -0.05) is 13.0 Å². The predicted molar refractivity (Wildman–Crippen MR) is 74.2 cm³/mol.